The monoisotopic (exact) mass is 410 g/mol. The zero-order chi connectivity index (χ0) is 21.3. The molecule has 5 nitrogen and oxygen atoms in total. The second-order valence-electron chi connectivity index (χ2n) is 6.09. The number of halogens is 1. The van der Waals surface area contributed by atoms with Gasteiger partial charge in [-0.3, -0.25) is 10.2 Å². The Balaban J connectivity index is 2.16. The molecular weight excluding hydrogens is 396 g/mol. The summed E-state index contributed by atoms with van der Waals surface area (Å²) in [5.74, 6) is -0.488. The number of carbonyl (C=O) groups excluding carboxylic acids is 1. The highest BCUT2D eigenvalue weighted by atomic mass is 35.5. The lowest BCUT2D eigenvalue weighted by Gasteiger charge is -2.10. The fraction of sp³-hybridized carbons (Fsp3) is 0. The van der Waals surface area contributed by atoms with E-state index in [0.29, 0.717) is 21.8 Å². The molecule has 0 atom stereocenters. The van der Waals surface area contributed by atoms with Crippen LogP contribution in [0.1, 0.15) is 15.9 Å². The summed E-state index contributed by atoms with van der Waals surface area (Å²) in [7, 11) is 0. The normalized spacial score (nSPS) is 11.6. The number of anilines is 1. The van der Waals surface area contributed by atoms with Gasteiger partial charge in [0, 0.05) is 11.1 Å². The number of hydrogen-bond donors (Lipinski definition) is 1. The summed E-state index contributed by atoms with van der Waals surface area (Å²) >= 11 is 6.13. The van der Waals surface area contributed by atoms with E-state index >= 15 is 0 Å². The maximum absolute atomic E-state index is 13.1. The molecular formula is C24H15ClN4O. The predicted octanol–water partition coefficient (Wildman–Crippen LogP) is 5.49. The predicted molar refractivity (Wildman–Crippen MR) is 118 cm³/mol. The molecule has 0 amide bonds. The van der Waals surface area contributed by atoms with Crippen LogP contribution in [-0.2, 0) is 0 Å². The first-order valence-electron chi connectivity index (χ1n) is 8.94. The zero-order valence-electron chi connectivity index (χ0n) is 15.7. The Kier molecular flexibility index (Phi) is 6.74. The van der Waals surface area contributed by atoms with E-state index < -0.39 is 5.78 Å². The van der Waals surface area contributed by atoms with Crippen LogP contribution in [0, 0.1) is 22.7 Å². The van der Waals surface area contributed by atoms with Gasteiger partial charge in [-0.05, 0) is 17.7 Å². The molecule has 3 aromatic rings. The van der Waals surface area contributed by atoms with Gasteiger partial charge < -0.3 is 0 Å². The van der Waals surface area contributed by atoms with E-state index in [9.17, 15) is 15.3 Å². The molecule has 0 aliphatic heterocycles. The Bertz CT molecular complexity index is 1200. The fourth-order valence-corrected chi connectivity index (χ4v) is 2.94. The Hall–Kier alpha value is -4.19. The largest absolute Gasteiger partial charge is 0.288 e. The molecule has 3 aromatic carbocycles. The summed E-state index contributed by atoms with van der Waals surface area (Å²) in [5, 5.41) is 24.2. The van der Waals surface area contributed by atoms with Crippen molar-refractivity contribution in [2.24, 2.45) is 5.10 Å². The van der Waals surface area contributed by atoms with Crippen molar-refractivity contribution in [1.82, 2.24) is 0 Å². The number of nitrogens with one attached hydrogen (secondary N) is 1. The van der Waals surface area contributed by atoms with Crippen LogP contribution in [0.3, 0.4) is 0 Å². The lowest BCUT2D eigenvalue weighted by molar-refractivity contribution is 0.104. The van der Waals surface area contributed by atoms with Crippen molar-refractivity contribution in [3.05, 3.63) is 107 Å². The van der Waals surface area contributed by atoms with Crippen molar-refractivity contribution >= 4 is 34.4 Å². The summed E-state index contributed by atoms with van der Waals surface area (Å²) in [5.41, 5.74) is 3.98. The van der Waals surface area contributed by atoms with E-state index in [4.69, 9.17) is 11.6 Å². The molecule has 0 aromatic heterocycles. The first kappa shape index (κ1) is 20.5. The number of carbonyl (C=O) groups is 1. The Morgan fingerprint density at radius 2 is 1.37 bits per heavy atom. The SMILES string of the molecule is N#CC(=NNc1ccccc1Cl)C(=C(C#N)C(=O)c1ccccc1)c1ccccc1. The third-order valence-corrected chi connectivity index (χ3v) is 4.52. The Morgan fingerprint density at radius 1 is 0.800 bits per heavy atom. The van der Waals surface area contributed by atoms with Crippen LogP contribution in [0.2, 0.25) is 5.02 Å². The lowest BCUT2D eigenvalue weighted by Crippen LogP contribution is -2.12. The van der Waals surface area contributed by atoms with Crippen LogP contribution >= 0.6 is 11.6 Å². The highest BCUT2D eigenvalue weighted by Gasteiger charge is 2.22. The molecule has 0 spiro atoms. The minimum atomic E-state index is -0.488. The van der Waals surface area contributed by atoms with Crippen molar-refractivity contribution in [2.75, 3.05) is 5.43 Å². The third kappa shape index (κ3) is 4.62. The number of nitrogens with zero attached hydrogens (tertiary/aromatic N) is 3. The molecule has 6 heteroatoms. The number of hydrazone groups is 1. The van der Waals surface area contributed by atoms with E-state index in [1.807, 2.05) is 12.1 Å². The van der Waals surface area contributed by atoms with Gasteiger partial charge in [-0.15, -0.1) is 0 Å². The first-order valence-corrected chi connectivity index (χ1v) is 9.31. The number of hydrogen-bond acceptors (Lipinski definition) is 5. The lowest BCUT2D eigenvalue weighted by atomic mass is 9.92. The van der Waals surface area contributed by atoms with E-state index in [-0.39, 0.29) is 16.9 Å². The van der Waals surface area contributed by atoms with Crippen LogP contribution in [-0.4, -0.2) is 11.5 Å². The summed E-state index contributed by atoms with van der Waals surface area (Å²) in [6.45, 7) is 0. The van der Waals surface area contributed by atoms with Gasteiger partial charge >= 0.3 is 0 Å². The molecule has 0 heterocycles. The second kappa shape index (κ2) is 9.84. The van der Waals surface area contributed by atoms with Crippen LogP contribution < -0.4 is 5.43 Å². The molecule has 0 aliphatic carbocycles. The van der Waals surface area contributed by atoms with Crippen molar-refractivity contribution in [1.29, 1.82) is 10.5 Å². The van der Waals surface area contributed by atoms with Crippen LogP contribution in [0.5, 0.6) is 0 Å². The van der Waals surface area contributed by atoms with Crippen molar-refractivity contribution < 1.29 is 4.79 Å². The third-order valence-electron chi connectivity index (χ3n) is 4.19. The van der Waals surface area contributed by atoms with Crippen LogP contribution in [0.25, 0.3) is 5.57 Å². The minimum Gasteiger partial charge on any atom is -0.288 e. The van der Waals surface area contributed by atoms with Gasteiger partial charge in [-0.25, -0.2) is 0 Å². The average molecular weight is 411 g/mol. The molecule has 0 aliphatic rings. The Morgan fingerprint density at radius 3 is 1.93 bits per heavy atom. The average Bonchev–Trinajstić information content (AvgIpc) is 2.80. The van der Waals surface area contributed by atoms with E-state index in [0.717, 1.165) is 0 Å². The van der Waals surface area contributed by atoms with Gasteiger partial charge in [0.25, 0.3) is 0 Å². The number of benzene rings is 3. The van der Waals surface area contributed by atoms with Gasteiger partial charge in [-0.1, -0.05) is 84.4 Å². The van der Waals surface area contributed by atoms with E-state index in [1.54, 1.807) is 84.9 Å². The smallest absolute Gasteiger partial charge is 0.204 e. The molecule has 1 N–H and O–H groups in total. The van der Waals surface area contributed by atoms with Gasteiger partial charge in [-0.2, -0.15) is 15.6 Å². The van der Waals surface area contributed by atoms with Crippen molar-refractivity contribution in [2.45, 2.75) is 0 Å². The standard InChI is InChI=1S/C24H15ClN4O/c25-20-13-7-8-14-21(20)28-29-22(16-27)23(17-9-3-1-4-10-17)19(15-26)24(30)18-11-5-2-6-12-18/h1-14,28H. The Labute approximate surface area is 179 Å². The molecule has 0 saturated carbocycles. The van der Waals surface area contributed by atoms with E-state index in [1.165, 1.54) is 0 Å². The highest BCUT2D eigenvalue weighted by molar-refractivity contribution is 6.37. The van der Waals surface area contributed by atoms with Gasteiger partial charge in [0.05, 0.1) is 10.7 Å². The van der Waals surface area contributed by atoms with Crippen LogP contribution in [0.4, 0.5) is 5.69 Å². The number of allylic oxidation sites excluding steroid dienone is 2. The molecule has 0 bridgehead atoms. The number of para-hydroxylation sites is 1. The van der Waals surface area contributed by atoms with Crippen molar-refractivity contribution in [3.8, 4) is 12.1 Å². The topological polar surface area (TPSA) is 89.0 Å². The van der Waals surface area contributed by atoms with E-state index in [2.05, 4.69) is 10.5 Å². The van der Waals surface area contributed by atoms with Crippen LogP contribution in [0.15, 0.2) is 95.6 Å². The summed E-state index contributed by atoms with van der Waals surface area (Å²) in [4.78, 5) is 13.1. The summed E-state index contributed by atoms with van der Waals surface area (Å²) in [6, 6.07) is 28.1. The van der Waals surface area contributed by atoms with Gasteiger partial charge in [0.1, 0.15) is 17.7 Å². The molecule has 0 unspecified atom stereocenters. The first-order chi connectivity index (χ1) is 14.7. The summed E-state index contributed by atoms with van der Waals surface area (Å²) in [6.07, 6.45) is 0. The van der Waals surface area contributed by atoms with Gasteiger partial charge in [0.2, 0.25) is 5.78 Å². The second-order valence-corrected chi connectivity index (χ2v) is 6.49. The number of Topliss-reactive ketones (excluding diaryl/α,β-unsaturated/α-hetero) is 1. The number of nitriles is 2. The minimum absolute atomic E-state index is 0.109. The van der Waals surface area contributed by atoms with Gasteiger partial charge in [0.15, 0.2) is 5.71 Å². The molecule has 3 rings (SSSR count). The molecule has 0 saturated heterocycles. The summed E-state index contributed by atoms with van der Waals surface area (Å²) < 4.78 is 0. The fourth-order valence-electron chi connectivity index (χ4n) is 2.76. The quantitative estimate of drug-likeness (QED) is 0.191. The highest BCUT2D eigenvalue weighted by Crippen LogP contribution is 2.25. The number of ketones is 1. The molecule has 0 fully saturated rings. The molecule has 144 valence electrons. The maximum Gasteiger partial charge on any atom is 0.204 e. The zero-order valence-corrected chi connectivity index (χ0v) is 16.5. The van der Waals surface area contributed by atoms with Crippen molar-refractivity contribution in [3.63, 3.8) is 0 Å². The molecule has 0 radical (unpaired) electrons. The maximum atomic E-state index is 13.1. The number of rotatable bonds is 6. The molecule has 30 heavy (non-hydrogen) atoms.